The molecule has 18 heavy (non-hydrogen) atoms. The van der Waals surface area contributed by atoms with Crippen LogP contribution in [0.5, 0.6) is 0 Å². The predicted octanol–water partition coefficient (Wildman–Crippen LogP) is 2.66. The number of aryl methyl sites for hydroxylation is 2. The van der Waals surface area contributed by atoms with E-state index in [-0.39, 0.29) is 0 Å². The summed E-state index contributed by atoms with van der Waals surface area (Å²) in [6.07, 6.45) is 2.16. The fourth-order valence-corrected chi connectivity index (χ4v) is 2.73. The first-order valence-electron chi connectivity index (χ1n) is 6.39. The first-order valence-corrected chi connectivity index (χ1v) is 6.39. The van der Waals surface area contributed by atoms with E-state index >= 15 is 0 Å². The quantitative estimate of drug-likeness (QED) is 0.875. The normalized spacial score (nSPS) is 17.8. The molecule has 2 aromatic rings. The molecular formula is C15H17N3. The summed E-state index contributed by atoms with van der Waals surface area (Å²) in [5, 5.41) is 3.37. The van der Waals surface area contributed by atoms with Gasteiger partial charge in [0.05, 0.1) is 5.69 Å². The van der Waals surface area contributed by atoms with Crippen molar-refractivity contribution in [2.75, 3.05) is 7.05 Å². The van der Waals surface area contributed by atoms with Crippen molar-refractivity contribution < 1.29 is 0 Å². The van der Waals surface area contributed by atoms with Gasteiger partial charge in [0.25, 0.3) is 0 Å². The van der Waals surface area contributed by atoms with Crippen molar-refractivity contribution >= 4 is 0 Å². The maximum atomic E-state index is 4.66. The monoisotopic (exact) mass is 239 g/mol. The van der Waals surface area contributed by atoms with Gasteiger partial charge in [0.2, 0.25) is 0 Å². The second-order valence-electron chi connectivity index (χ2n) is 4.73. The lowest BCUT2D eigenvalue weighted by Gasteiger charge is -2.14. The Labute approximate surface area is 107 Å². The first-order chi connectivity index (χ1) is 8.79. The zero-order valence-electron chi connectivity index (χ0n) is 10.8. The van der Waals surface area contributed by atoms with Gasteiger partial charge in [-0.15, -0.1) is 0 Å². The summed E-state index contributed by atoms with van der Waals surface area (Å²) in [5.41, 5.74) is 4.77. The Bertz CT molecular complexity index is 563. The van der Waals surface area contributed by atoms with E-state index in [0.29, 0.717) is 6.04 Å². The molecule has 3 rings (SSSR count). The van der Waals surface area contributed by atoms with Crippen LogP contribution in [0.15, 0.2) is 30.3 Å². The molecule has 0 bridgehead atoms. The minimum absolute atomic E-state index is 0.385. The molecule has 3 heteroatoms. The van der Waals surface area contributed by atoms with Crippen LogP contribution >= 0.6 is 0 Å². The van der Waals surface area contributed by atoms with E-state index in [1.165, 1.54) is 16.8 Å². The standard InChI is InChI=1S/C15H17N3/c1-10-17-13-9-8-12(16-2)14(13)15(18-10)11-6-4-3-5-7-11/h3-7,12,16H,8-9H2,1-2H3. The molecule has 1 atom stereocenters. The highest BCUT2D eigenvalue weighted by molar-refractivity contribution is 5.65. The molecule has 0 amide bonds. The van der Waals surface area contributed by atoms with E-state index < -0.39 is 0 Å². The van der Waals surface area contributed by atoms with Gasteiger partial charge < -0.3 is 5.32 Å². The highest BCUT2D eigenvalue weighted by Gasteiger charge is 2.27. The van der Waals surface area contributed by atoms with Crippen LogP contribution in [-0.2, 0) is 6.42 Å². The van der Waals surface area contributed by atoms with Crippen LogP contribution in [0.4, 0.5) is 0 Å². The maximum absolute atomic E-state index is 4.66. The Morgan fingerprint density at radius 1 is 1.17 bits per heavy atom. The number of nitrogens with one attached hydrogen (secondary N) is 1. The Kier molecular flexibility index (Phi) is 2.84. The first kappa shape index (κ1) is 11.4. The van der Waals surface area contributed by atoms with Crippen LogP contribution in [0.25, 0.3) is 11.3 Å². The molecule has 0 fully saturated rings. The lowest BCUT2D eigenvalue weighted by Crippen LogP contribution is -2.15. The van der Waals surface area contributed by atoms with Crippen LogP contribution < -0.4 is 5.32 Å². The van der Waals surface area contributed by atoms with E-state index in [1.807, 2.05) is 20.0 Å². The summed E-state index contributed by atoms with van der Waals surface area (Å²) in [6.45, 7) is 1.97. The highest BCUT2D eigenvalue weighted by Crippen LogP contribution is 2.36. The van der Waals surface area contributed by atoms with Gasteiger partial charge in [-0.1, -0.05) is 30.3 Å². The van der Waals surface area contributed by atoms with Gasteiger partial charge in [-0.2, -0.15) is 0 Å². The second-order valence-corrected chi connectivity index (χ2v) is 4.73. The van der Waals surface area contributed by atoms with Gasteiger partial charge in [-0.05, 0) is 26.8 Å². The fraction of sp³-hybridized carbons (Fsp3) is 0.333. The second kappa shape index (κ2) is 4.50. The summed E-state index contributed by atoms with van der Waals surface area (Å²) in [5.74, 6) is 0.865. The zero-order valence-corrected chi connectivity index (χ0v) is 10.8. The minimum atomic E-state index is 0.385. The smallest absolute Gasteiger partial charge is 0.126 e. The summed E-state index contributed by atoms with van der Waals surface area (Å²) < 4.78 is 0. The molecular weight excluding hydrogens is 222 g/mol. The van der Waals surface area contributed by atoms with Crippen LogP contribution in [0.3, 0.4) is 0 Å². The number of hydrogen-bond donors (Lipinski definition) is 1. The summed E-state index contributed by atoms with van der Waals surface area (Å²) in [6, 6.07) is 10.8. The molecule has 0 radical (unpaired) electrons. The molecule has 1 N–H and O–H groups in total. The van der Waals surface area contributed by atoms with Gasteiger partial charge in [-0.25, -0.2) is 9.97 Å². The molecule has 1 aliphatic rings. The van der Waals surface area contributed by atoms with Crippen molar-refractivity contribution in [3.63, 3.8) is 0 Å². The van der Waals surface area contributed by atoms with Crippen molar-refractivity contribution in [2.24, 2.45) is 0 Å². The lowest BCUT2D eigenvalue weighted by atomic mass is 10.0. The third kappa shape index (κ3) is 1.81. The van der Waals surface area contributed by atoms with Crippen LogP contribution in [0, 0.1) is 6.92 Å². The van der Waals surface area contributed by atoms with Gasteiger partial charge >= 0.3 is 0 Å². The van der Waals surface area contributed by atoms with E-state index in [0.717, 1.165) is 24.4 Å². The molecule has 1 aromatic heterocycles. The molecule has 92 valence electrons. The Morgan fingerprint density at radius 3 is 2.67 bits per heavy atom. The third-order valence-corrected chi connectivity index (χ3v) is 3.55. The molecule has 0 saturated heterocycles. The number of nitrogens with zero attached hydrogens (tertiary/aromatic N) is 2. The van der Waals surface area contributed by atoms with Gasteiger partial charge in [-0.3, -0.25) is 0 Å². The Morgan fingerprint density at radius 2 is 1.94 bits per heavy atom. The molecule has 0 saturated carbocycles. The third-order valence-electron chi connectivity index (χ3n) is 3.55. The maximum Gasteiger partial charge on any atom is 0.126 e. The van der Waals surface area contributed by atoms with Crippen LogP contribution in [0.2, 0.25) is 0 Å². The van der Waals surface area contributed by atoms with Gasteiger partial charge in [0, 0.05) is 22.9 Å². The highest BCUT2D eigenvalue weighted by atomic mass is 14.9. The topological polar surface area (TPSA) is 37.8 Å². The van der Waals surface area contributed by atoms with Crippen LogP contribution in [-0.4, -0.2) is 17.0 Å². The fourth-order valence-electron chi connectivity index (χ4n) is 2.73. The molecule has 0 spiro atoms. The van der Waals surface area contributed by atoms with Gasteiger partial charge in [0.15, 0.2) is 0 Å². The van der Waals surface area contributed by atoms with Crippen molar-refractivity contribution in [3.8, 4) is 11.3 Å². The summed E-state index contributed by atoms with van der Waals surface area (Å²) in [4.78, 5) is 9.25. The lowest BCUT2D eigenvalue weighted by molar-refractivity contribution is 0.590. The van der Waals surface area contributed by atoms with E-state index in [9.17, 15) is 0 Å². The van der Waals surface area contributed by atoms with Crippen molar-refractivity contribution in [3.05, 3.63) is 47.4 Å². The van der Waals surface area contributed by atoms with Crippen molar-refractivity contribution in [1.29, 1.82) is 0 Å². The zero-order chi connectivity index (χ0) is 12.5. The van der Waals surface area contributed by atoms with Crippen molar-refractivity contribution in [1.82, 2.24) is 15.3 Å². The Balaban J connectivity index is 2.21. The van der Waals surface area contributed by atoms with Crippen LogP contribution in [0.1, 0.15) is 29.5 Å². The average molecular weight is 239 g/mol. The SMILES string of the molecule is CNC1CCc2nc(C)nc(-c3ccccc3)c21. The number of hydrogen-bond acceptors (Lipinski definition) is 3. The van der Waals surface area contributed by atoms with Gasteiger partial charge in [0.1, 0.15) is 5.82 Å². The number of rotatable bonds is 2. The molecule has 1 heterocycles. The largest absolute Gasteiger partial charge is 0.313 e. The number of aromatic nitrogens is 2. The molecule has 1 aliphatic carbocycles. The Hall–Kier alpha value is -1.74. The molecule has 0 aliphatic heterocycles. The van der Waals surface area contributed by atoms with E-state index in [4.69, 9.17) is 0 Å². The molecule has 1 unspecified atom stereocenters. The number of benzene rings is 1. The predicted molar refractivity (Wildman–Crippen MR) is 72.3 cm³/mol. The average Bonchev–Trinajstić information content (AvgIpc) is 2.81. The molecule has 3 nitrogen and oxygen atoms in total. The van der Waals surface area contributed by atoms with E-state index in [1.54, 1.807) is 0 Å². The summed E-state index contributed by atoms with van der Waals surface area (Å²) >= 11 is 0. The molecule has 1 aromatic carbocycles. The summed E-state index contributed by atoms with van der Waals surface area (Å²) in [7, 11) is 2.01. The van der Waals surface area contributed by atoms with Crippen molar-refractivity contribution in [2.45, 2.75) is 25.8 Å². The minimum Gasteiger partial charge on any atom is -0.313 e. The number of fused-ring (bicyclic) bond motifs is 1. The van der Waals surface area contributed by atoms with E-state index in [2.05, 4.69) is 39.6 Å².